The predicted octanol–water partition coefficient (Wildman–Crippen LogP) is 2.99. The van der Waals surface area contributed by atoms with Crippen LogP contribution in [0.5, 0.6) is 0 Å². The number of rotatable bonds is 1. The fourth-order valence-corrected chi connectivity index (χ4v) is 3.97. The summed E-state index contributed by atoms with van der Waals surface area (Å²) in [6.07, 6.45) is 9.72. The lowest BCUT2D eigenvalue weighted by Gasteiger charge is -2.00. The molecule has 25 heavy (non-hydrogen) atoms. The fourth-order valence-electron chi connectivity index (χ4n) is 3.97. The van der Waals surface area contributed by atoms with Crippen molar-refractivity contribution in [1.29, 1.82) is 0 Å². The van der Waals surface area contributed by atoms with E-state index in [4.69, 9.17) is 0 Å². The van der Waals surface area contributed by atoms with Gasteiger partial charge in [0, 0.05) is 24.2 Å². The van der Waals surface area contributed by atoms with Crippen LogP contribution >= 0.6 is 0 Å². The van der Waals surface area contributed by atoms with Crippen molar-refractivity contribution in [1.82, 2.24) is 18.9 Å². The van der Waals surface area contributed by atoms with Gasteiger partial charge in [0.05, 0.1) is 23.6 Å². The summed E-state index contributed by atoms with van der Waals surface area (Å²) in [5.74, 6) is 1.19. The molecule has 0 saturated carbocycles. The molecule has 0 atom stereocenters. The van der Waals surface area contributed by atoms with Crippen molar-refractivity contribution in [2.75, 3.05) is 0 Å². The smallest absolute Gasteiger partial charge is 0.297 e. The average Bonchev–Trinajstić information content (AvgIpc) is 3.29. The predicted molar refractivity (Wildman–Crippen MR) is 94.6 cm³/mol. The maximum atomic E-state index is 4.37. The number of para-hydroxylation sites is 1. The summed E-state index contributed by atoms with van der Waals surface area (Å²) in [6.45, 7) is 0.867. The molecule has 0 fully saturated rings. The number of hydrogen-bond acceptors (Lipinski definition) is 2. The van der Waals surface area contributed by atoms with E-state index in [0.29, 0.717) is 0 Å². The van der Waals surface area contributed by atoms with Crippen LogP contribution in [0.15, 0.2) is 73.6 Å². The van der Waals surface area contributed by atoms with Crippen LogP contribution in [0, 0.1) is 0 Å². The molecule has 4 aromatic heterocycles. The third-order valence-electron chi connectivity index (χ3n) is 5.01. The maximum absolute atomic E-state index is 4.37. The molecule has 0 amide bonds. The highest BCUT2D eigenvalue weighted by Crippen LogP contribution is 2.35. The van der Waals surface area contributed by atoms with E-state index < -0.39 is 0 Å². The molecule has 0 bridgehead atoms. The first-order valence-corrected chi connectivity index (χ1v) is 8.29. The van der Waals surface area contributed by atoms with E-state index in [1.165, 1.54) is 33.5 Å². The Morgan fingerprint density at radius 3 is 2.72 bits per heavy atom. The van der Waals surface area contributed by atoms with Gasteiger partial charge in [0.2, 0.25) is 5.52 Å². The van der Waals surface area contributed by atoms with Crippen molar-refractivity contribution in [3.63, 3.8) is 0 Å². The van der Waals surface area contributed by atoms with Crippen molar-refractivity contribution in [2.24, 2.45) is 0 Å². The van der Waals surface area contributed by atoms with Crippen molar-refractivity contribution in [3.8, 4) is 17.1 Å². The molecule has 0 aliphatic carbocycles. The Morgan fingerprint density at radius 2 is 1.80 bits per heavy atom. The van der Waals surface area contributed by atoms with E-state index in [9.17, 15) is 0 Å². The Hall–Kier alpha value is -3.47. The van der Waals surface area contributed by atoms with Gasteiger partial charge in [0.15, 0.2) is 5.52 Å². The second-order valence-corrected chi connectivity index (χ2v) is 6.35. The van der Waals surface area contributed by atoms with Gasteiger partial charge in [-0.1, -0.05) is 18.2 Å². The highest BCUT2D eigenvalue weighted by atomic mass is 15.2. The number of benzene rings is 1. The minimum Gasteiger partial charge on any atom is -0.299 e. The number of imidazole rings is 1. The molecule has 5 heteroatoms. The molecule has 118 valence electrons. The van der Waals surface area contributed by atoms with E-state index >= 15 is 0 Å². The first-order chi connectivity index (χ1) is 12.4. The molecule has 0 saturated heterocycles. The Kier molecular flexibility index (Phi) is 2.34. The number of aromatic nitrogens is 5. The van der Waals surface area contributed by atoms with Crippen molar-refractivity contribution in [3.05, 3.63) is 79.1 Å². The van der Waals surface area contributed by atoms with Crippen LogP contribution in [0.4, 0.5) is 0 Å². The Bertz CT molecular complexity index is 1260. The number of pyridine rings is 1. The Balaban J connectivity index is 1.83. The second-order valence-electron chi connectivity index (χ2n) is 6.35. The molecule has 1 aromatic carbocycles. The van der Waals surface area contributed by atoms with Crippen LogP contribution in [0.1, 0.15) is 5.56 Å². The van der Waals surface area contributed by atoms with Crippen LogP contribution in [-0.2, 0) is 6.54 Å². The van der Waals surface area contributed by atoms with Gasteiger partial charge in [-0.05, 0) is 24.3 Å². The number of nitrogens with zero attached hydrogens (tertiary/aromatic N) is 5. The van der Waals surface area contributed by atoms with E-state index in [1.54, 1.807) is 0 Å². The molecule has 5 aromatic rings. The van der Waals surface area contributed by atoms with Crippen LogP contribution in [0.2, 0.25) is 0 Å². The summed E-state index contributed by atoms with van der Waals surface area (Å²) in [4.78, 5) is 8.62. The Morgan fingerprint density at radius 1 is 0.920 bits per heavy atom. The molecule has 0 radical (unpaired) electrons. The van der Waals surface area contributed by atoms with Crippen LogP contribution in [0.3, 0.4) is 0 Å². The van der Waals surface area contributed by atoms with Crippen LogP contribution in [-0.4, -0.2) is 18.9 Å². The summed E-state index contributed by atoms with van der Waals surface area (Å²) in [5, 5.41) is 0. The van der Waals surface area contributed by atoms with Gasteiger partial charge in [0.25, 0.3) is 5.82 Å². The molecule has 6 rings (SSSR count). The van der Waals surface area contributed by atoms with Crippen molar-refractivity contribution >= 4 is 16.6 Å². The molecular weight excluding hydrogens is 310 g/mol. The molecule has 1 aliphatic rings. The van der Waals surface area contributed by atoms with Gasteiger partial charge in [-0.2, -0.15) is 4.57 Å². The average molecular weight is 324 g/mol. The van der Waals surface area contributed by atoms with Crippen molar-refractivity contribution < 1.29 is 4.57 Å². The maximum Gasteiger partial charge on any atom is 0.297 e. The topological polar surface area (TPSA) is 39.0 Å². The van der Waals surface area contributed by atoms with E-state index in [0.717, 1.165) is 12.2 Å². The van der Waals surface area contributed by atoms with E-state index in [2.05, 4.69) is 66.1 Å². The van der Waals surface area contributed by atoms with Gasteiger partial charge in [0.1, 0.15) is 12.2 Å². The minimum absolute atomic E-state index is 0.867. The van der Waals surface area contributed by atoms with Gasteiger partial charge < -0.3 is 0 Å². The highest BCUT2D eigenvalue weighted by molar-refractivity contribution is 5.92. The van der Waals surface area contributed by atoms with E-state index in [1.807, 2.05) is 31.0 Å². The molecule has 0 spiro atoms. The normalized spacial score (nSPS) is 12.6. The largest absolute Gasteiger partial charge is 0.299 e. The molecule has 0 N–H and O–H groups in total. The SMILES string of the molecule is c1ccc(-n2c3[n+](c4c2cn2cnccc42)Cc2ccncc2-3)cc1. The molecule has 1 aliphatic heterocycles. The molecule has 0 unspecified atom stereocenters. The molecular formula is C20H14N5+. The van der Waals surface area contributed by atoms with E-state index in [-0.39, 0.29) is 0 Å². The number of hydrogen-bond donors (Lipinski definition) is 0. The van der Waals surface area contributed by atoms with Crippen molar-refractivity contribution in [2.45, 2.75) is 6.54 Å². The van der Waals surface area contributed by atoms with Gasteiger partial charge in [-0.15, -0.1) is 0 Å². The zero-order valence-corrected chi connectivity index (χ0v) is 13.4. The third-order valence-corrected chi connectivity index (χ3v) is 5.01. The molecule has 5 nitrogen and oxygen atoms in total. The zero-order chi connectivity index (χ0) is 16.4. The van der Waals surface area contributed by atoms with Crippen LogP contribution in [0.25, 0.3) is 33.6 Å². The second kappa shape index (κ2) is 4.54. The standard InChI is InChI=1S/C20H14N5/c1-2-4-15(5-3-1)25-18-12-23-13-22-9-7-17(23)19(18)24-11-14-6-8-21-10-16(14)20(24)25/h1-10,12-13H,11H2/q+1. The number of fused-ring (bicyclic) bond motifs is 7. The summed E-state index contributed by atoms with van der Waals surface area (Å²) in [5.41, 5.74) is 7.25. The molecule has 5 heterocycles. The van der Waals surface area contributed by atoms with Gasteiger partial charge in [-0.3, -0.25) is 9.38 Å². The lowest BCUT2D eigenvalue weighted by molar-refractivity contribution is -0.645. The summed E-state index contributed by atoms with van der Waals surface area (Å²) in [6, 6.07) is 14.7. The van der Waals surface area contributed by atoms with Gasteiger partial charge >= 0.3 is 0 Å². The summed E-state index contributed by atoms with van der Waals surface area (Å²) >= 11 is 0. The first-order valence-electron chi connectivity index (χ1n) is 8.29. The van der Waals surface area contributed by atoms with Gasteiger partial charge in [-0.25, -0.2) is 9.55 Å². The zero-order valence-electron chi connectivity index (χ0n) is 13.4. The quantitative estimate of drug-likeness (QED) is 0.436. The minimum atomic E-state index is 0.867. The Labute approximate surface area is 143 Å². The fraction of sp³-hybridized carbons (Fsp3) is 0.0500. The summed E-state index contributed by atoms with van der Waals surface area (Å²) in [7, 11) is 0. The van der Waals surface area contributed by atoms with Crippen LogP contribution < -0.4 is 4.57 Å². The summed E-state index contributed by atoms with van der Waals surface area (Å²) < 4.78 is 6.82. The highest BCUT2D eigenvalue weighted by Gasteiger charge is 2.36. The third kappa shape index (κ3) is 1.59. The first kappa shape index (κ1) is 12.9. The lowest BCUT2D eigenvalue weighted by Crippen LogP contribution is -2.31. The lowest BCUT2D eigenvalue weighted by atomic mass is 10.1. The monoisotopic (exact) mass is 324 g/mol.